The number of hydrogen-bond acceptors (Lipinski definition) is 5. The Labute approximate surface area is 208 Å². The van der Waals surface area contributed by atoms with Gasteiger partial charge in [-0.2, -0.15) is 0 Å². The first-order chi connectivity index (χ1) is 16.3. The van der Waals surface area contributed by atoms with E-state index < -0.39 is 29.9 Å². The van der Waals surface area contributed by atoms with Gasteiger partial charge >= 0.3 is 209 Å². The number of amides is 1. The summed E-state index contributed by atoms with van der Waals surface area (Å²) in [6.45, 7) is 9.45. The van der Waals surface area contributed by atoms with Gasteiger partial charge in [0.25, 0.3) is 0 Å². The summed E-state index contributed by atoms with van der Waals surface area (Å²) in [7, 11) is 0. The normalized spacial score (nSPS) is 20.8. The molecule has 0 radical (unpaired) electrons. The summed E-state index contributed by atoms with van der Waals surface area (Å²) in [4.78, 5) is 28.1. The first-order valence-electron chi connectivity index (χ1n) is 11.4. The van der Waals surface area contributed by atoms with Crippen LogP contribution in [0.1, 0.15) is 39.2 Å². The third-order valence-corrected chi connectivity index (χ3v) is 7.41. The van der Waals surface area contributed by atoms with Gasteiger partial charge < -0.3 is 0 Å². The van der Waals surface area contributed by atoms with Crippen molar-refractivity contribution in [1.82, 2.24) is 4.90 Å². The molecule has 1 fully saturated rings. The second kappa shape index (κ2) is 12.2. The molecular weight excluding hydrogens is 497 g/mol. The molecule has 182 valence electrons. The number of nitrogens with zero attached hydrogens (tertiary/aromatic N) is 1. The van der Waals surface area contributed by atoms with Crippen LogP contribution in [0.4, 0.5) is 4.79 Å². The molecule has 3 unspecified atom stereocenters. The van der Waals surface area contributed by atoms with Gasteiger partial charge in [0.1, 0.15) is 0 Å². The molecule has 2 aromatic rings. The number of rotatable bonds is 7. The zero-order chi connectivity index (χ0) is 24.6. The predicted octanol–water partition coefficient (Wildman–Crippen LogP) is 4.47. The number of esters is 1. The molecule has 6 nitrogen and oxygen atoms in total. The van der Waals surface area contributed by atoms with Gasteiger partial charge in [0.2, 0.25) is 0 Å². The molecule has 1 aliphatic heterocycles. The Morgan fingerprint density at radius 3 is 2.35 bits per heavy atom. The molecule has 3 rings (SSSR count). The number of carbonyl (C=O) groups excluding carboxylic acids is 2. The molecule has 0 bridgehead atoms. The molecule has 0 saturated carbocycles. The van der Waals surface area contributed by atoms with Gasteiger partial charge in [0, 0.05) is 0 Å². The summed E-state index contributed by atoms with van der Waals surface area (Å²) in [5, 5.41) is 0.571. The average Bonchev–Trinajstić information content (AvgIpc) is 3.01. The Bertz CT molecular complexity index is 944. The predicted molar refractivity (Wildman–Crippen MR) is 133 cm³/mol. The van der Waals surface area contributed by atoms with E-state index in [0.717, 1.165) is 5.56 Å². The van der Waals surface area contributed by atoms with Gasteiger partial charge in [0.15, 0.2) is 0 Å². The number of hydrogen-bond donors (Lipinski definition) is 0. The van der Waals surface area contributed by atoms with Crippen LogP contribution in [0.15, 0.2) is 73.3 Å². The quantitative estimate of drug-likeness (QED) is 0.300. The van der Waals surface area contributed by atoms with Crippen molar-refractivity contribution in [3.05, 3.63) is 78.9 Å². The molecular formula is C27H33NO5Se. The van der Waals surface area contributed by atoms with Crippen molar-refractivity contribution >= 4 is 31.5 Å². The average molecular weight is 531 g/mol. The first kappa shape index (κ1) is 26.0. The molecule has 1 heterocycles. The van der Waals surface area contributed by atoms with E-state index in [-0.39, 0.29) is 27.7 Å². The van der Waals surface area contributed by atoms with Gasteiger partial charge in [-0.05, 0) is 0 Å². The molecule has 7 heteroatoms. The van der Waals surface area contributed by atoms with Crippen LogP contribution in [0.3, 0.4) is 0 Å². The van der Waals surface area contributed by atoms with Crippen molar-refractivity contribution in [3.8, 4) is 0 Å². The number of ether oxygens (including phenoxy) is 3. The van der Waals surface area contributed by atoms with Crippen LogP contribution in [-0.2, 0) is 25.6 Å². The molecule has 0 N–H and O–H groups in total. The van der Waals surface area contributed by atoms with Crippen LogP contribution in [0.25, 0.3) is 0 Å². The molecule has 0 aromatic heterocycles. The van der Waals surface area contributed by atoms with Crippen LogP contribution in [0.5, 0.6) is 0 Å². The fourth-order valence-corrected chi connectivity index (χ4v) is 5.55. The van der Waals surface area contributed by atoms with Crippen molar-refractivity contribution in [3.63, 3.8) is 0 Å². The minimum absolute atomic E-state index is 0.0262. The molecule has 1 saturated heterocycles. The fraction of sp³-hybridized carbons (Fsp3) is 0.407. The zero-order valence-corrected chi connectivity index (χ0v) is 21.7. The van der Waals surface area contributed by atoms with E-state index in [1.54, 1.807) is 6.08 Å². The standard InChI is InChI=1S/C27H33NO5Se/c1-5-21-16-17-23(25(29)33-27(2,3)4)28(26(30)31-18-20-12-8-6-9-13-20)24(32-21)19-34-22-14-10-7-11-15-22/h5-15,21,23-24H,1,16-19H2,2-4H3. The van der Waals surface area contributed by atoms with E-state index in [9.17, 15) is 9.59 Å². The summed E-state index contributed by atoms with van der Waals surface area (Å²) in [5.74, 6) is -0.449. The molecule has 0 aliphatic carbocycles. The van der Waals surface area contributed by atoms with E-state index in [1.807, 2.05) is 69.3 Å². The van der Waals surface area contributed by atoms with Gasteiger partial charge in [0.05, 0.1) is 0 Å². The van der Waals surface area contributed by atoms with E-state index >= 15 is 0 Å². The number of benzene rings is 2. The van der Waals surface area contributed by atoms with Crippen LogP contribution in [0, 0.1) is 0 Å². The van der Waals surface area contributed by atoms with Gasteiger partial charge in [-0.25, -0.2) is 0 Å². The molecule has 34 heavy (non-hydrogen) atoms. The Morgan fingerprint density at radius 1 is 1.09 bits per heavy atom. The Kier molecular flexibility index (Phi) is 9.34. The molecule has 2 aromatic carbocycles. The van der Waals surface area contributed by atoms with E-state index in [1.165, 1.54) is 9.36 Å². The maximum atomic E-state index is 13.4. The Morgan fingerprint density at radius 2 is 1.74 bits per heavy atom. The third kappa shape index (κ3) is 7.73. The van der Waals surface area contributed by atoms with Crippen molar-refractivity contribution < 1.29 is 23.8 Å². The number of carbonyl (C=O) groups is 2. The van der Waals surface area contributed by atoms with Crippen molar-refractivity contribution in [2.75, 3.05) is 0 Å². The summed E-state index contributed by atoms with van der Waals surface area (Å²) in [6, 6.07) is 18.7. The topological polar surface area (TPSA) is 65.1 Å². The maximum absolute atomic E-state index is 13.4. The van der Waals surface area contributed by atoms with Crippen LogP contribution in [-0.4, -0.2) is 55.9 Å². The minimum atomic E-state index is -0.802. The van der Waals surface area contributed by atoms with Crippen molar-refractivity contribution in [2.24, 2.45) is 0 Å². The third-order valence-electron chi connectivity index (χ3n) is 5.20. The van der Waals surface area contributed by atoms with Crippen LogP contribution >= 0.6 is 0 Å². The Hall–Kier alpha value is -2.60. The molecule has 1 amide bonds. The van der Waals surface area contributed by atoms with Crippen molar-refractivity contribution in [1.29, 1.82) is 0 Å². The molecule has 3 atom stereocenters. The van der Waals surface area contributed by atoms with E-state index in [2.05, 4.69) is 18.7 Å². The second-order valence-corrected chi connectivity index (χ2v) is 11.4. The van der Waals surface area contributed by atoms with E-state index in [0.29, 0.717) is 18.2 Å². The van der Waals surface area contributed by atoms with Gasteiger partial charge in [-0.1, -0.05) is 0 Å². The summed E-state index contributed by atoms with van der Waals surface area (Å²) >= 11 is 0.0262. The summed E-state index contributed by atoms with van der Waals surface area (Å²) in [5.41, 5.74) is 0.194. The molecule has 1 aliphatic rings. The van der Waals surface area contributed by atoms with Gasteiger partial charge in [-0.15, -0.1) is 0 Å². The Balaban J connectivity index is 1.86. The van der Waals surface area contributed by atoms with Crippen molar-refractivity contribution in [2.45, 2.75) is 69.5 Å². The molecule has 0 spiro atoms. The second-order valence-electron chi connectivity index (χ2n) is 9.06. The SMILES string of the molecule is C=CC1CCC(C(=O)OC(C)(C)C)N(C(=O)OCc2ccccc2)C(C[Se]c2ccccc2)O1. The van der Waals surface area contributed by atoms with Gasteiger partial charge in [-0.3, -0.25) is 0 Å². The zero-order valence-electron chi connectivity index (χ0n) is 20.0. The summed E-state index contributed by atoms with van der Waals surface area (Å²) < 4.78 is 18.8. The fourth-order valence-electron chi connectivity index (χ4n) is 3.61. The van der Waals surface area contributed by atoms with E-state index in [4.69, 9.17) is 14.2 Å². The monoisotopic (exact) mass is 531 g/mol. The van der Waals surface area contributed by atoms with Crippen LogP contribution in [0.2, 0.25) is 5.32 Å². The van der Waals surface area contributed by atoms with Crippen LogP contribution < -0.4 is 4.46 Å². The summed E-state index contributed by atoms with van der Waals surface area (Å²) in [6.07, 6.45) is 1.21. The first-order valence-corrected chi connectivity index (χ1v) is 13.5.